The third-order valence-electron chi connectivity index (χ3n) is 5.62. The van der Waals surface area contributed by atoms with Crippen molar-refractivity contribution in [3.05, 3.63) is 35.4 Å². The maximum atomic E-state index is 10.1. The van der Waals surface area contributed by atoms with E-state index < -0.39 is 0 Å². The highest BCUT2D eigenvalue weighted by Gasteiger charge is 2.32. The first-order chi connectivity index (χ1) is 10.1. The van der Waals surface area contributed by atoms with Crippen LogP contribution < -0.4 is 5.32 Å². The van der Waals surface area contributed by atoms with E-state index in [2.05, 4.69) is 43.4 Å². The van der Waals surface area contributed by atoms with Crippen molar-refractivity contribution in [2.24, 2.45) is 5.92 Å². The Hall–Kier alpha value is -0.860. The fourth-order valence-electron chi connectivity index (χ4n) is 4.14. The Balaban J connectivity index is 1.69. The summed E-state index contributed by atoms with van der Waals surface area (Å²) < 4.78 is 0. The Kier molecular flexibility index (Phi) is 4.37. The molecular formula is C19H29NO. The molecule has 21 heavy (non-hydrogen) atoms. The molecule has 1 fully saturated rings. The largest absolute Gasteiger partial charge is 0.393 e. The quantitative estimate of drug-likeness (QED) is 0.882. The average molecular weight is 287 g/mol. The summed E-state index contributed by atoms with van der Waals surface area (Å²) in [6.07, 6.45) is 6.97. The lowest BCUT2D eigenvalue weighted by Crippen LogP contribution is -2.38. The zero-order chi connectivity index (χ0) is 14.9. The van der Waals surface area contributed by atoms with E-state index in [-0.39, 0.29) is 6.10 Å². The molecule has 2 N–H and O–H groups in total. The summed E-state index contributed by atoms with van der Waals surface area (Å²) in [6, 6.07) is 9.35. The van der Waals surface area contributed by atoms with Crippen molar-refractivity contribution in [2.75, 3.05) is 6.54 Å². The Bertz CT molecular complexity index is 482. The molecule has 0 amide bonds. The number of nitrogens with one attached hydrogen (secondary N) is 1. The third-order valence-corrected chi connectivity index (χ3v) is 5.62. The molecule has 0 aliphatic heterocycles. The first-order valence-corrected chi connectivity index (χ1v) is 8.59. The molecule has 2 heteroatoms. The van der Waals surface area contributed by atoms with Crippen LogP contribution in [0.5, 0.6) is 0 Å². The molecule has 2 nitrogen and oxygen atoms in total. The van der Waals surface area contributed by atoms with Gasteiger partial charge in [0.2, 0.25) is 0 Å². The number of benzene rings is 1. The number of aliphatic hydroxyl groups excluding tert-OH is 1. The van der Waals surface area contributed by atoms with Crippen LogP contribution in [-0.4, -0.2) is 17.8 Å². The first kappa shape index (κ1) is 15.1. The van der Waals surface area contributed by atoms with E-state index in [0.717, 1.165) is 13.0 Å². The van der Waals surface area contributed by atoms with Crippen LogP contribution in [-0.2, 0) is 5.41 Å². The Morgan fingerprint density at radius 3 is 2.71 bits per heavy atom. The van der Waals surface area contributed by atoms with Crippen molar-refractivity contribution in [1.82, 2.24) is 5.32 Å². The Morgan fingerprint density at radius 2 is 1.90 bits per heavy atom. The van der Waals surface area contributed by atoms with Crippen LogP contribution in [0.4, 0.5) is 0 Å². The molecule has 3 atom stereocenters. The SMILES string of the molecule is CC1(C)CCC(NCC2CCCCC2O)c2ccccc21. The monoisotopic (exact) mass is 287 g/mol. The van der Waals surface area contributed by atoms with Crippen LogP contribution in [0.25, 0.3) is 0 Å². The second-order valence-corrected chi connectivity index (χ2v) is 7.58. The molecule has 0 spiro atoms. The van der Waals surface area contributed by atoms with Crippen LogP contribution in [0, 0.1) is 5.92 Å². The van der Waals surface area contributed by atoms with Crippen LogP contribution in [0.1, 0.15) is 69.5 Å². The van der Waals surface area contributed by atoms with Gasteiger partial charge in [-0.3, -0.25) is 0 Å². The van der Waals surface area contributed by atoms with Gasteiger partial charge >= 0.3 is 0 Å². The van der Waals surface area contributed by atoms with Crippen LogP contribution in [0.2, 0.25) is 0 Å². The maximum Gasteiger partial charge on any atom is 0.0580 e. The lowest BCUT2D eigenvalue weighted by Gasteiger charge is -2.38. The number of hydrogen-bond acceptors (Lipinski definition) is 2. The fraction of sp³-hybridized carbons (Fsp3) is 0.684. The molecule has 2 aliphatic carbocycles. The van der Waals surface area contributed by atoms with Gasteiger partial charge in [-0.15, -0.1) is 0 Å². The standard InChI is InChI=1S/C19H29NO/c1-19(2)12-11-17(15-8-4-5-9-16(15)19)20-13-14-7-3-6-10-18(14)21/h4-5,8-9,14,17-18,20-21H,3,6-7,10-13H2,1-2H3. The molecule has 0 bridgehead atoms. The van der Waals surface area contributed by atoms with Gasteiger partial charge in [-0.05, 0) is 48.1 Å². The van der Waals surface area contributed by atoms with Crippen molar-refractivity contribution in [1.29, 1.82) is 0 Å². The minimum atomic E-state index is -0.0958. The van der Waals surface area contributed by atoms with Crippen LogP contribution in [0.15, 0.2) is 24.3 Å². The van der Waals surface area contributed by atoms with Gasteiger partial charge in [-0.1, -0.05) is 51.0 Å². The first-order valence-electron chi connectivity index (χ1n) is 8.59. The number of aliphatic hydroxyl groups is 1. The maximum absolute atomic E-state index is 10.1. The summed E-state index contributed by atoms with van der Waals surface area (Å²) in [5, 5.41) is 13.9. The van der Waals surface area contributed by atoms with Crippen molar-refractivity contribution in [2.45, 2.75) is 69.9 Å². The van der Waals surface area contributed by atoms with E-state index in [0.29, 0.717) is 17.4 Å². The van der Waals surface area contributed by atoms with Crippen LogP contribution in [0.3, 0.4) is 0 Å². The third kappa shape index (κ3) is 3.17. The van der Waals surface area contributed by atoms with Gasteiger partial charge in [0.05, 0.1) is 6.10 Å². The van der Waals surface area contributed by atoms with E-state index in [1.54, 1.807) is 0 Å². The average Bonchev–Trinajstić information content (AvgIpc) is 2.48. The zero-order valence-electron chi connectivity index (χ0n) is 13.4. The van der Waals surface area contributed by atoms with Crippen molar-refractivity contribution in [3.63, 3.8) is 0 Å². The van der Waals surface area contributed by atoms with Crippen molar-refractivity contribution >= 4 is 0 Å². The summed E-state index contributed by atoms with van der Waals surface area (Å²) in [7, 11) is 0. The summed E-state index contributed by atoms with van der Waals surface area (Å²) in [5.74, 6) is 0.445. The highest BCUT2D eigenvalue weighted by molar-refractivity contribution is 5.38. The molecule has 1 saturated carbocycles. The van der Waals surface area contributed by atoms with Gasteiger partial charge in [0, 0.05) is 12.6 Å². The highest BCUT2D eigenvalue weighted by atomic mass is 16.3. The van der Waals surface area contributed by atoms with Gasteiger partial charge in [0.1, 0.15) is 0 Å². The summed E-state index contributed by atoms with van der Waals surface area (Å²) in [5.41, 5.74) is 3.26. The summed E-state index contributed by atoms with van der Waals surface area (Å²) in [6.45, 7) is 5.67. The normalized spacial score (nSPS) is 31.7. The molecule has 2 aliphatic rings. The van der Waals surface area contributed by atoms with E-state index in [9.17, 15) is 5.11 Å². The lowest BCUT2D eigenvalue weighted by atomic mass is 9.71. The molecule has 116 valence electrons. The van der Waals surface area contributed by atoms with Gasteiger partial charge in [0.25, 0.3) is 0 Å². The number of fused-ring (bicyclic) bond motifs is 1. The van der Waals surface area contributed by atoms with Gasteiger partial charge in [-0.2, -0.15) is 0 Å². The van der Waals surface area contributed by atoms with Gasteiger partial charge < -0.3 is 10.4 Å². The van der Waals surface area contributed by atoms with Crippen molar-refractivity contribution in [3.8, 4) is 0 Å². The van der Waals surface area contributed by atoms with E-state index in [1.165, 1.54) is 43.2 Å². The second kappa shape index (κ2) is 6.10. The molecule has 0 heterocycles. The smallest absolute Gasteiger partial charge is 0.0580 e. The predicted molar refractivity (Wildman–Crippen MR) is 87.4 cm³/mol. The molecule has 0 aromatic heterocycles. The molecule has 0 radical (unpaired) electrons. The summed E-state index contributed by atoms with van der Waals surface area (Å²) in [4.78, 5) is 0. The summed E-state index contributed by atoms with van der Waals surface area (Å²) >= 11 is 0. The Morgan fingerprint density at radius 1 is 1.14 bits per heavy atom. The van der Waals surface area contributed by atoms with E-state index >= 15 is 0 Å². The molecule has 3 rings (SSSR count). The van der Waals surface area contributed by atoms with Gasteiger partial charge in [-0.25, -0.2) is 0 Å². The number of rotatable bonds is 3. The molecule has 0 saturated heterocycles. The highest BCUT2D eigenvalue weighted by Crippen LogP contribution is 2.41. The van der Waals surface area contributed by atoms with Gasteiger partial charge in [0.15, 0.2) is 0 Å². The molecule has 3 unspecified atom stereocenters. The van der Waals surface area contributed by atoms with Crippen molar-refractivity contribution < 1.29 is 5.11 Å². The zero-order valence-corrected chi connectivity index (χ0v) is 13.4. The minimum absolute atomic E-state index is 0.0958. The number of hydrogen-bond donors (Lipinski definition) is 2. The minimum Gasteiger partial charge on any atom is -0.393 e. The second-order valence-electron chi connectivity index (χ2n) is 7.58. The van der Waals surface area contributed by atoms with E-state index in [4.69, 9.17) is 0 Å². The molecule has 1 aromatic carbocycles. The molecule has 1 aromatic rings. The Labute approximate surface area is 129 Å². The van der Waals surface area contributed by atoms with E-state index in [1.807, 2.05) is 0 Å². The molecular weight excluding hydrogens is 258 g/mol. The topological polar surface area (TPSA) is 32.3 Å². The van der Waals surface area contributed by atoms with Crippen LogP contribution >= 0.6 is 0 Å². The fourth-order valence-corrected chi connectivity index (χ4v) is 4.14. The predicted octanol–water partition coefficient (Wildman–Crippen LogP) is 3.94. The lowest BCUT2D eigenvalue weighted by molar-refractivity contribution is 0.0674.